The molecule has 1 saturated heterocycles. The third kappa shape index (κ3) is 2.66. The number of hydrogen-bond acceptors (Lipinski definition) is 3. The molecule has 1 aliphatic rings. The quantitative estimate of drug-likeness (QED) is 0.840. The molecule has 0 aliphatic carbocycles. The maximum Gasteiger partial charge on any atom is 0.100 e. The molecule has 0 saturated carbocycles. The Morgan fingerprint density at radius 3 is 2.73 bits per heavy atom. The minimum absolute atomic E-state index is 0.0225. The van der Waals surface area contributed by atoms with Gasteiger partial charge in [-0.25, -0.2) is 0 Å². The van der Waals surface area contributed by atoms with Crippen molar-refractivity contribution in [2.24, 2.45) is 0 Å². The Balaban J connectivity index is 2.11. The van der Waals surface area contributed by atoms with Crippen molar-refractivity contribution in [2.45, 2.75) is 25.5 Å². The molecule has 0 spiro atoms. The monoisotopic (exact) mass is 265 g/mol. The number of ether oxygens (including phenoxy) is 1. The summed E-state index contributed by atoms with van der Waals surface area (Å²) in [6.45, 7) is 5.69. The van der Waals surface area contributed by atoms with E-state index in [9.17, 15) is 0 Å². The van der Waals surface area contributed by atoms with E-state index < -0.39 is 0 Å². The summed E-state index contributed by atoms with van der Waals surface area (Å²) in [4.78, 5) is 0. The van der Waals surface area contributed by atoms with Crippen molar-refractivity contribution in [3.63, 3.8) is 0 Å². The second-order valence-electron chi connectivity index (χ2n) is 4.34. The Morgan fingerprint density at radius 2 is 2.27 bits per heavy atom. The van der Waals surface area contributed by atoms with Gasteiger partial charge in [-0.1, -0.05) is 23.2 Å². The van der Waals surface area contributed by atoms with Crippen LogP contribution < -0.4 is 5.32 Å². The average Bonchev–Trinajstić information content (AvgIpc) is 2.45. The molecule has 2 nitrogen and oxygen atoms in total. The fourth-order valence-electron chi connectivity index (χ4n) is 1.56. The van der Waals surface area contributed by atoms with Gasteiger partial charge in [-0.3, -0.25) is 0 Å². The first-order chi connectivity index (χ1) is 6.98. The molecule has 5 heteroatoms. The van der Waals surface area contributed by atoms with Crippen LogP contribution in [0.25, 0.3) is 0 Å². The summed E-state index contributed by atoms with van der Waals surface area (Å²) in [7, 11) is 0. The van der Waals surface area contributed by atoms with Crippen molar-refractivity contribution in [2.75, 3.05) is 13.2 Å². The van der Waals surface area contributed by atoms with E-state index >= 15 is 0 Å². The summed E-state index contributed by atoms with van der Waals surface area (Å²) in [6.07, 6.45) is 0.0225. The summed E-state index contributed by atoms with van der Waals surface area (Å²) in [5.41, 5.74) is 1.04. The van der Waals surface area contributed by atoms with Crippen LogP contribution in [0.1, 0.15) is 25.5 Å². The Hall–Kier alpha value is 0.200. The van der Waals surface area contributed by atoms with Gasteiger partial charge < -0.3 is 10.1 Å². The summed E-state index contributed by atoms with van der Waals surface area (Å²) >= 11 is 13.4. The highest BCUT2D eigenvalue weighted by Gasteiger charge is 2.29. The van der Waals surface area contributed by atoms with Crippen LogP contribution in [0.2, 0.25) is 8.67 Å². The molecule has 84 valence electrons. The van der Waals surface area contributed by atoms with Crippen molar-refractivity contribution in [1.29, 1.82) is 0 Å². The molecular weight excluding hydrogens is 253 g/mol. The molecule has 0 bridgehead atoms. The maximum atomic E-state index is 6.08. The van der Waals surface area contributed by atoms with Gasteiger partial charge in [-0.15, -0.1) is 11.3 Å². The topological polar surface area (TPSA) is 21.3 Å². The van der Waals surface area contributed by atoms with Gasteiger partial charge in [0.2, 0.25) is 0 Å². The summed E-state index contributed by atoms with van der Waals surface area (Å²) in [5.74, 6) is 0. The molecule has 1 unspecified atom stereocenters. The minimum atomic E-state index is 0.0225. The zero-order chi connectivity index (χ0) is 11.1. The third-order valence-corrected chi connectivity index (χ3v) is 3.96. The molecule has 2 rings (SSSR count). The van der Waals surface area contributed by atoms with Gasteiger partial charge in [0.15, 0.2) is 0 Å². The maximum absolute atomic E-state index is 6.08. The molecule has 0 aromatic carbocycles. The normalized spacial score (nSPS) is 25.5. The third-order valence-electron chi connectivity index (χ3n) is 2.44. The number of halogens is 2. The highest BCUT2D eigenvalue weighted by Crippen LogP contribution is 2.37. The number of hydrogen-bond donors (Lipinski definition) is 1. The van der Waals surface area contributed by atoms with Gasteiger partial charge in [-0.05, 0) is 19.9 Å². The van der Waals surface area contributed by atoms with Gasteiger partial charge in [0, 0.05) is 17.6 Å². The van der Waals surface area contributed by atoms with Gasteiger partial charge in [-0.2, -0.15) is 0 Å². The lowest BCUT2D eigenvalue weighted by Crippen LogP contribution is -2.50. The SMILES string of the molecule is CC1(C)COC(c2cc(Cl)sc2Cl)CN1. The van der Waals surface area contributed by atoms with E-state index in [2.05, 4.69) is 19.2 Å². The number of nitrogens with one attached hydrogen (secondary N) is 1. The first-order valence-electron chi connectivity index (χ1n) is 4.79. The summed E-state index contributed by atoms with van der Waals surface area (Å²) in [6, 6.07) is 1.89. The van der Waals surface area contributed by atoms with Crippen molar-refractivity contribution >= 4 is 34.5 Å². The van der Waals surface area contributed by atoms with Crippen LogP contribution in [0.15, 0.2) is 6.07 Å². The Morgan fingerprint density at radius 1 is 1.53 bits per heavy atom. The van der Waals surface area contributed by atoms with Crippen molar-refractivity contribution in [1.82, 2.24) is 5.32 Å². The molecular formula is C10H13Cl2NOS. The molecule has 15 heavy (non-hydrogen) atoms. The molecule has 1 aliphatic heterocycles. The molecule has 2 heterocycles. The fraction of sp³-hybridized carbons (Fsp3) is 0.600. The van der Waals surface area contributed by atoms with E-state index in [1.54, 1.807) is 0 Å². The van der Waals surface area contributed by atoms with E-state index in [1.165, 1.54) is 11.3 Å². The van der Waals surface area contributed by atoms with Crippen LogP contribution in [0.5, 0.6) is 0 Å². The summed E-state index contributed by atoms with van der Waals surface area (Å²) < 4.78 is 7.21. The van der Waals surface area contributed by atoms with Crippen LogP contribution >= 0.6 is 34.5 Å². The highest BCUT2D eigenvalue weighted by atomic mass is 35.5. The number of morpholine rings is 1. The van der Waals surface area contributed by atoms with Gasteiger partial charge >= 0.3 is 0 Å². The zero-order valence-electron chi connectivity index (χ0n) is 8.64. The van der Waals surface area contributed by atoms with Crippen molar-refractivity contribution in [3.05, 3.63) is 20.3 Å². The lowest BCUT2D eigenvalue weighted by atomic mass is 10.0. The average molecular weight is 266 g/mol. The second kappa shape index (κ2) is 4.22. The predicted octanol–water partition coefficient (Wildman–Crippen LogP) is 3.49. The van der Waals surface area contributed by atoms with Crippen molar-refractivity contribution < 1.29 is 4.74 Å². The predicted molar refractivity (Wildman–Crippen MR) is 65.1 cm³/mol. The van der Waals surface area contributed by atoms with E-state index in [4.69, 9.17) is 27.9 Å². The van der Waals surface area contributed by atoms with Gasteiger partial charge in [0.05, 0.1) is 17.0 Å². The minimum Gasteiger partial charge on any atom is -0.370 e. The number of rotatable bonds is 1. The first kappa shape index (κ1) is 11.7. The van der Waals surface area contributed by atoms with Crippen LogP contribution in [-0.4, -0.2) is 18.7 Å². The van der Waals surface area contributed by atoms with E-state index in [1.807, 2.05) is 6.07 Å². The molecule has 1 aromatic heterocycles. The van der Waals surface area contributed by atoms with E-state index in [0.717, 1.165) is 16.4 Å². The van der Waals surface area contributed by atoms with E-state index in [-0.39, 0.29) is 11.6 Å². The smallest absolute Gasteiger partial charge is 0.100 e. The lowest BCUT2D eigenvalue weighted by molar-refractivity contribution is -0.0226. The molecule has 1 aromatic rings. The van der Waals surface area contributed by atoms with Crippen LogP contribution in [0.4, 0.5) is 0 Å². The molecule has 0 radical (unpaired) electrons. The molecule has 1 atom stereocenters. The van der Waals surface area contributed by atoms with Gasteiger partial charge in [0.25, 0.3) is 0 Å². The lowest BCUT2D eigenvalue weighted by Gasteiger charge is -2.35. The Kier molecular flexibility index (Phi) is 3.29. The fourth-order valence-corrected chi connectivity index (χ4v) is 3.12. The van der Waals surface area contributed by atoms with E-state index in [0.29, 0.717) is 10.9 Å². The molecule has 1 fully saturated rings. The van der Waals surface area contributed by atoms with Crippen molar-refractivity contribution in [3.8, 4) is 0 Å². The summed E-state index contributed by atoms with van der Waals surface area (Å²) in [5, 5.41) is 3.42. The Bertz CT molecular complexity index is 354. The molecule has 0 amide bonds. The van der Waals surface area contributed by atoms with Crippen LogP contribution in [0, 0.1) is 0 Å². The van der Waals surface area contributed by atoms with Crippen LogP contribution in [-0.2, 0) is 4.74 Å². The Labute approximate surface area is 104 Å². The van der Waals surface area contributed by atoms with Gasteiger partial charge in [0.1, 0.15) is 4.34 Å². The largest absolute Gasteiger partial charge is 0.370 e. The number of thiophene rings is 1. The standard InChI is InChI=1S/C10H13Cl2NOS/c1-10(2)5-14-7(4-13-10)6-3-8(11)15-9(6)12/h3,7,13H,4-5H2,1-2H3. The first-order valence-corrected chi connectivity index (χ1v) is 6.36. The zero-order valence-corrected chi connectivity index (χ0v) is 11.0. The highest BCUT2D eigenvalue weighted by molar-refractivity contribution is 7.20. The second-order valence-corrected chi connectivity index (χ2v) is 6.63. The molecule has 1 N–H and O–H groups in total. The van der Waals surface area contributed by atoms with Crippen LogP contribution in [0.3, 0.4) is 0 Å².